The third kappa shape index (κ3) is 3.54. The van der Waals surface area contributed by atoms with Crippen LogP contribution in [0.1, 0.15) is 25.3 Å². The number of piperidine rings is 1. The second kappa shape index (κ2) is 7.63. The van der Waals surface area contributed by atoms with E-state index in [1.54, 1.807) is 0 Å². The molecule has 3 heterocycles. The van der Waals surface area contributed by atoms with E-state index in [4.69, 9.17) is 4.74 Å². The molecule has 7 heteroatoms. The number of morpholine rings is 1. The van der Waals surface area contributed by atoms with Crippen molar-refractivity contribution in [1.29, 1.82) is 0 Å². The molecule has 0 saturated carbocycles. The molecular weight excluding hydrogens is 332 g/mol. The minimum atomic E-state index is -0.0525. The summed E-state index contributed by atoms with van der Waals surface area (Å²) in [4.78, 5) is 32.0. The first kappa shape index (κ1) is 17.3. The van der Waals surface area contributed by atoms with Gasteiger partial charge in [-0.15, -0.1) is 0 Å². The van der Waals surface area contributed by atoms with E-state index >= 15 is 0 Å². The number of aromatic nitrogens is 2. The molecule has 1 aromatic carbocycles. The first-order valence-electron chi connectivity index (χ1n) is 9.49. The summed E-state index contributed by atoms with van der Waals surface area (Å²) in [5.74, 6) is 0.223. The number of amides is 1. The Hall–Kier alpha value is -2.12. The number of aromatic amines is 1. The van der Waals surface area contributed by atoms with Gasteiger partial charge in [-0.3, -0.25) is 14.3 Å². The van der Waals surface area contributed by atoms with E-state index in [9.17, 15) is 9.59 Å². The molecule has 26 heavy (non-hydrogen) atoms. The molecule has 2 aromatic rings. The van der Waals surface area contributed by atoms with E-state index in [0.717, 1.165) is 69.8 Å². The van der Waals surface area contributed by atoms with Gasteiger partial charge >= 0.3 is 5.69 Å². The van der Waals surface area contributed by atoms with Crippen molar-refractivity contribution >= 4 is 16.9 Å². The van der Waals surface area contributed by atoms with Gasteiger partial charge in [-0.1, -0.05) is 12.1 Å². The highest BCUT2D eigenvalue weighted by molar-refractivity contribution is 5.77. The van der Waals surface area contributed by atoms with Gasteiger partial charge in [0, 0.05) is 45.2 Å². The van der Waals surface area contributed by atoms with Crippen molar-refractivity contribution in [1.82, 2.24) is 19.4 Å². The second-order valence-electron chi connectivity index (χ2n) is 7.13. The molecule has 140 valence electrons. The first-order chi connectivity index (χ1) is 12.7. The summed E-state index contributed by atoms with van der Waals surface area (Å²) in [5, 5.41) is 0. The van der Waals surface area contributed by atoms with Gasteiger partial charge in [-0.25, -0.2) is 4.79 Å². The summed E-state index contributed by atoms with van der Waals surface area (Å²) in [5.41, 5.74) is 1.78. The Kier molecular flexibility index (Phi) is 5.08. The highest BCUT2D eigenvalue weighted by Gasteiger charge is 2.26. The lowest BCUT2D eigenvalue weighted by Gasteiger charge is -2.33. The van der Waals surface area contributed by atoms with Crippen LogP contribution in [0, 0.1) is 0 Å². The van der Waals surface area contributed by atoms with Gasteiger partial charge in [-0.2, -0.15) is 0 Å². The third-order valence-corrected chi connectivity index (χ3v) is 5.55. The number of ether oxygens (including phenoxy) is 1. The van der Waals surface area contributed by atoms with Crippen LogP contribution >= 0.6 is 0 Å². The maximum Gasteiger partial charge on any atom is 0.326 e. The molecule has 1 N–H and O–H groups in total. The predicted molar refractivity (Wildman–Crippen MR) is 99.3 cm³/mol. The van der Waals surface area contributed by atoms with Crippen LogP contribution in [0.5, 0.6) is 0 Å². The number of rotatable bonds is 4. The minimum absolute atomic E-state index is 0.0525. The van der Waals surface area contributed by atoms with Gasteiger partial charge in [0.15, 0.2) is 0 Å². The largest absolute Gasteiger partial charge is 0.379 e. The number of carbonyl (C=O) groups is 1. The maximum atomic E-state index is 12.5. The van der Waals surface area contributed by atoms with Crippen molar-refractivity contribution in [3.05, 3.63) is 34.7 Å². The Bertz CT molecular complexity index is 814. The molecule has 2 fully saturated rings. The molecule has 2 aliphatic heterocycles. The van der Waals surface area contributed by atoms with Crippen LogP contribution < -0.4 is 5.69 Å². The molecule has 0 atom stereocenters. The number of hydrogen-bond donors (Lipinski definition) is 1. The van der Waals surface area contributed by atoms with Gasteiger partial charge in [-0.05, 0) is 25.0 Å². The van der Waals surface area contributed by atoms with E-state index in [0.29, 0.717) is 6.42 Å². The molecule has 4 rings (SSSR count). The van der Waals surface area contributed by atoms with E-state index in [1.165, 1.54) is 0 Å². The Labute approximate surface area is 152 Å². The van der Waals surface area contributed by atoms with Gasteiger partial charge < -0.3 is 14.6 Å². The molecule has 0 unspecified atom stereocenters. The Morgan fingerprint density at radius 2 is 1.85 bits per heavy atom. The average molecular weight is 358 g/mol. The van der Waals surface area contributed by atoms with Crippen molar-refractivity contribution < 1.29 is 9.53 Å². The number of fused-ring (bicyclic) bond motifs is 1. The summed E-state index contributed by atoms with van der Waals surface area (Å²) in [7, 11) is 0. The van der Waals surface area contributed by atoms with Crippen LogP contribution in [0.4, 0.5) is 0 Å². The zero-order valence-corrected chi connectivity index (χ0v) is 15.0. The molecule has 1 aromatic heterocycles. The highest BCUT2D eigenvalue weighted by Crippen LogP contribution is 2.25. The van der Waals surface area contributed by atoms with Crippen LogP contribution in [0.15, 0.2) is 29.1 Å². The van der Waals surface area contributed by atoms with Gasteiger partial charge in [0.2, 0.25) is 5.91 Å². The van der Waals surface area contributed by atoms with Crippen molar-refractivity contribution in [2.45, 2.75) is 25.3 Å². The fraction of sp³-hybridized carbons (Fsp3) is 0.579. The van der Waals surface area contributed by atoms with E-state index in [2.05, 4.69) is 9.88 Å². The molecule has 0 aliphatic carbocycles. The number of carbonyl (C=O) groups excluding carboxylic acids is 1. The molecule has 1 amide bonds. The summed E-state index contributed by atoms with van der Waals surface area (Å²) >= 11 is 0. The summed E-state index contributed by atoms with van der Waals surface area (Å²) < 4.78 is 7.21. The standard InChI is InChI=1S/C19H26N4O3/c24-18(7-8-21-11-13-26-14-12-21)22-9-5-15(6-10-22)23-17-4-2-1-3-16(17)20-19(23)25/h1-4,15H,5-14H2,(H,20,25). The molecule has 0 radical (unpaired) electrons. The highest BCUT2D eigenvalue weighted by atomic mass is 16.5. The topological polar surface area (TPSA) is 70.6 Å². The normalized spacial score (nSPS) is 19.9. The Morgan fingerprint density at radius 1 is 1.12 bits per heavy atom. The lowest BCUT2D eigenvalue weighted by atomic mass is 10.0. The van der Waals surface area contributed by atoms with Gasteiger partial charge in [0.05, 0.1) is 24.2 Å². The smallest absolute Gasteiger partial charge is 0.326 e. The third-order valence-electron chi connectivity index (χ3n) is 5.55. The Morgan fingerprint density at radius 3 is 2.62 bits per heavy atom. The summed E-state index contributed by atoms with van der Waals surface area (Å²) in [6.45, 7) is 5.61. The number of imidazole rings is 1. The van der Waals surface area contributed by atoms with Gasteiger partial charge in [0.1, 0.15) is 0 Å². The molecule has 0 spiro atoms. The maximum absolute atomic E-state index is 12.5. The van der Waals surface area contributed by atoms with Crippen molar-refractivity contribution in [2.24, 2.45) is 0 Å². The fourth-order valence-electron chi connectivity index (χ4n) is 4.05. The Balaban J connectivity index is 1.34. The van der Waals surface area contributed by atoms with Crippen molar-refractivity contribution in [3.63, 3.8) is 0 Å². The van der Waals surface area contributed by atoms with Crippen LogP contribution in [-0.4, -0.2) is 71.2 Å². The zero-order chi connectivity index (χ0) is 17.9. The second-order valence-corrected chi connectivity index (χ2v) is 7.13. The SMILES string of the molecule is O=C(CCN1CCOCC1)N1CCC(n2c(=O)[nH]c3ccccc32)CC1. The average Bonchev–Trinajstić information content (AvgIpc) is 3.03. The predicted octanol–water partition coefficient (Wildman–Crippen LogP) is 1.22. The molecule has 2 aliphatic rings. The van der Waals surface area contributed by atoms with Gasteiger partial charge in [0.25, 0.3) is 0 Å². The number of para-hydroxylation sites is 2. The fourth-order valence-corrected chi connectivity index (χ4v) is 4.05. The quantitative estimate of drug-likeness (QED) is 0.892. The number of nitrogens with zero attached hydrogens (tertiary/aromatic N) is 3. The number of nitrogens with one attached hydrogen (secondary N) is 1. The molecule has 2 saturated heterocycles. The van der Waals surface area contributed by atoms with Crippen molar-refractivity contribution in [2.75, 3.05) is 45.9 Å². The lowest BCUT2D eigenvalue weighted by Crippen LogP contribution is -2.43. The van der Waals surface area contributed by atoms with Crippen LogP contribution in [0.2, 0.25) is 0 Å². The number of H-pyrrole nitrogens is 1. The van der Waals surface area contributed by atoms with Crippen LogP contribution in [0.25, 0.3) is 11.0 Å². The van der Waals surface area contributed by atoms with Crippen LogP contribution in [-0.2, 0) is 9.53 Å². The van der Waals surface area contributed by atoms with E-state index in [1.807, 2.05) is 33.7 Å². The summed E-state index contributed by atoms with van der Waals surface area (Å²) in [6.07, 6.45) is 2.22. The number of likely N-dealkylation sites (tertiary alicyclic amines) is 1. The molecule has 0 bridgehead atoms. The number of benzene rings is 1. The van der Waals surface area contributed by atoms with E-state index in [-0.39, 0.29) is 17.6 Å². The van der Waals surface area contributed by atoms with Crippen LogP contribution in [0.3, 0.4) is 0 Å². The monoisotopic (exact) mass is 358 g/mol. The molecule has 7 nitrogen and oxygen atoms in total. The number of hydrogen-bond acceptors (Lipinski definition) is 4. The minimum Gasteiger partial charge on any atom is -0.379 e. The lowest BCUT2D eigenvalue weighted by molar-refractivity contribution is -0.133. The molecular formula is C19H26N4O3. The first-order valence-corrected chi connectivity index (χ1v) is 9.49. The zero-order valence-electron chi connectivity index (χ0n) is 15.0. The van der Waals surface area contributed by atoms with E-state index < -0.39 is 0 Å². The van der Waals surface area contributed by atoms with Crippen molar-refractivity contribution in [3.8, 4) is 0 Å². The summed E-state index contributed by atoms with van der Waals surface area (Å²) in [6, 6.07) is 7.95.